The van der Waals surface area contributed by atoms with Gasteiger partial charge in [0.1, 0.15) is 12.4 Å². The molecule has 5 nitrogen and oxygen atoms in total. The molecule has 2 fully saturated rings. The molecule has 2 aliphatic rings. The van der Waals surface area contributed by atoms with Gasteiger partial charge in [0.2, 0.25) is 0 Å². The Labute approximate surface area is 173 Å². The minimum absolute atomic E-state index is 0.112. The van der Waals surface area contributed by atoms with Gasteiger partial charge in [0, 0.05) is 19.7 Å². The normalized spacial score (nSPS) is 24.0. The molecule has 0 aliphatic heterocycles. The number of ether oxygens (including phenoxy) is 1. The summed E-state index contributed by atoms with van der Waals surface area (Å²) in [4.78, 5) is 12.8. The molecule has 156 valence electrons. The summed E-state index contributed by atoms with van der Waals surface area (Å²) in [6.07, 6.45) is 9.73. The summed E-state index contributed by atoms with van der Waals surface area (Å²) in [6.45, 7) is 2.88. The highest BCUT2D eigenvalue weighted by Gasteiger charge is 2.39. The second kappa shape index (κ2) is 10.5. The van der Waals surface area contributed by atoms with Crippen LogP contribution in [-0.2, 0) is 0 Å². The largest absolute Gasteiger partial charge is 0.492 e. The molecular formula is C22H33ClN2O3. The first-order valence-corrected chi connectivity index (χ1v) is 11.0. The molecule has 28 heavy (non-hydrogen) atoms. The second-order valence-electron chi connectivity index (χ2n) is 8.35. The lowest BCUT2D eigenvalue weighted by molar-refractivity contribution is 0.0681. The van der Waals surface area contributed by atoms with Gasteiger partial charge < -0.3 is 20.5 Å². The summed E-state index contributed by atoms with van der Waals surface area (Å²) in [6, 6.07) is 5.24. The van der Waals surface area contributed by atoms with Gasteiger partial charge in [-0.2, -0.15) is 0 Å². The van der Waals surface area contributed by atoms with Gasteiger partial charge in [0.05, 0.1) is 10.6 Å². The van der Waals surface area contributed by atoms with E-state index < -0.39 is 0 Å². The summed E-state index contributed by atoms with van der Waals surface area (Å²) in [5, 5.41) is 15.6. The van der Waals surface area contributed by atoms with Crippen LogP contribution >= 0.6 is 11.6 Å². The number of halogens is 1. The van der Waals surface area contributed by atoms with Crippen molar-refractivity contribution in [1.82, 2.24) is 10.6 Å². The van der Waals surface area contributed by atoms with E-state index in [1.807, 2.05) is 0 Å². The van der Waals surface area contributed by atoms with Gasteiger partial charge in [-0.1, -0.05) is 37.3 Å². The summed E-state index contributed by atoms with van der Waals surface area (Å²) in [5.74, 6) is 1.39. The Morgan fingerprint density at radius 1 is 1.25 bits per heavy atom. The van der Waals surface area contributed by atoms with Crippen molar-refractivity contribution in [2.24, 2.45) is 11.3 Å². The van der Waals surface area contributed by atoms with Crippen LogP contribution in [0.3, 0.4) is 0 Å². The molecule has 1 aromatic rings. The van der Waals surface area contributed by atoms with Crippen molar-refractivity contribution in [3.05, 3.63) is 28.8 Å². The zero-order valence-electron chi connectivity index (χ0n) is 16.6. The quantitative estimate of drug-likeness (QED) is 0.515. The molecule has 0 heterocycles. The fourth-order valence-electron chi connectivity index (χ4n) is 4.77. The second-order valence-corrected chi connectivity index (χ2v) is 8.76. The standard InChI is InChI=1S/C22H33ClN2O3/c23-20-7-6-18(28-13-11-24-10-3-12-26)14-19(20)21(27)25-16-22-8-1-4-17(15-22)5-2-9-22/h6-7,14,17,24,26H,1-5,8-13,15-16H2,(H,25,27). The predicted molar refractivity (Wildman–Crippen MR) is 112 cm³/mol. The van der Waals surface area contributed by atoms with Gasteiger partial charge in [-0.3, -0.25) is 4.79 Å². The third-order valence-corrected chi connectivity index (χ3v) is 6.56. The van der Waals surface area contributed by atoms with Crippen LogP contribution in [0.25, 0.3) is 0 Å². The molecule has 2 saturated carbocycles. The maximum atomic E-state index is 12.8. The lowest BCUT2D eigenvalue weighted by Crippen LogP contribution is -2.43. The van der Waals surface area contributed by atoms with E-state index in [4.69, 9.17) is 21.4 Å². The van der Waals surface area contributed by atoms with Crippen LogP contribution in [0.4, 0.5) is 0 Å². The Bertz CT molecular complexity index is 643. The van der Waals surface area contributed by atoms with Crippen molar-refractivity contribution in [1.29, 1.82) is 0 Å². The van der Waals surface area contributed by atoms with Gasteiger partial charge in [0.15, 0.2) is 0 Å². The highest BCUT2D eigenvalue weighted by Crippen LogP contribution is 2.48. The maximum Gasteiger partial charge on any atom is 0.252 e. The van der Waals surface area contributed by atoms with Crippen molar-refractivity contribution < 1.29 is 14.6 Å². The molecule has 0 unspecified atom stereocenters. The van der Waals surface area contributed by atoms with E-state index >= 15 is 0 Å². The Kier molecular flexibility index (Phi) is 8.00. The minimum atomic E-state index is -0.112. The van der Waals surface area contributed by atoms with Crippen LogP contribution in [0.15, 0.2) is 18.2 Å². The number of nitrogens with one attached hydrogen (secondary N) is 2. The lowest BCUT2D eigenvalue weighted by atomic mass is 9.62. The Hall–Kier alpha value is -1.30. The molecule has 0 spiro atoms. The maximum absolute atomic E-state index is 12.8. The Balaban J connectivity index is 1.51. The number of fused-ring (bicyclic) bond motifs is 2. The smallest absolute Gasteiger partial charge is 0.252 e. The van der Waals surface area contributed by atoms with Crippen molar-refractivity contribution in [3.8, 4) is 5.75 Å². The lowest BCUT2D eigenvalue weighted by Gasteiger charge is -2.45. The average Bonchev–Trinajstić information content (AvgIpc) is 2.70. The zero-order chi connectivity index (χ0) is 19.8. The number of hydrogen-bond acceptors (Lipinski definition) is 4. The SMILES string of the molecule is O=C(NCC12CCCC(CCC1)C2)c1cc(OCCNCCCO)ccc1Cl. The van der Waals surface area contributed by atoms with Crippen LogP contribution in [-0.4, -0.2) is 43.9 Å². The highest BCUT2D eigenvalue weighted by molar-refractivity contribution is 6.33. The predicted octanol–water partition coefficient (Wildman–Crippen LogP) is 3.78. The van der Waals surface area contributed by atoms with Crippen LogP contribution in [0, 0.1) is 11.3 Å². The van der Waals surface area contributed by atoms with Crippen LogP contribution in [0.5, 0.6) is 5.75 Å². The first kappa shape index (κ1) is 21.4. The number of benzene rings is 1. The first-order chi connectivity index (χ1) is 13.6. The topological polar surface area (TPSA) is 70.6 Å². The van der Waals surface area contributed by atoms with Gasteiger partial charge in [-0.15, -0.1) is 0 Å². The van der Waals surface area contributed by atoms with E-state index in [2.05, 4.69) is 10.6 Å². The van der Waals surface area contributed by atoms with Gasteiger partial charge in [0.25, 0.3) is 5.91 Å². The molecule has 6 heteroatoms. The third-order valence-electron chi connectivity index (χ3n) is 6.23. The molecule has 0 radical (unpaired) electrons. The van der Waals surface area contributed by atoms with Crippen LogP contribution in [0.2, 0.25) is 5.02 Å². The van der Waals surface area contributed by atoms with E-state index in [1.54, 1.807) is 18.2 Å². The molecule has 0 saturated heterocycles. The Morgan fingerprint density at radius 3 is 2.79 bits per heavy atom. The molecule has 0 atom stereocenters. The minimum Gasteiger partial charge on any atom is -0.492 e. The molecule has 2 bridgehead atoms. The summed E-state index contributed by atoms with van der Waals surface area (Å²) < 4.78 is 5.73. The van der Waals surface area contributed by atoms with Crippen molar-refractivity contribution in [2.75, 3.05) is 32.8 Å². The third kappa shape index (κ3) is 5.85. The van der Waals surface area contributed by atoms with Gasteiger partial charge >= 0.3 is 0 Å². The number of aliphatic hydroxyl groups excluding tert-OH is 1. The molecule has 1 amide bonds. The van der Waals surface area contributed by atoms with E-state index in [0.29, 0.717) is 29.5 Å². The number of rotatable bonds is 10. The fourth-order valence-corrected chi connectivity index (χ4v) is 4.98. The van der Waals surface area contributed by atoms with Crippen LogP contribution < -0.4 is 15.4 Å². The summed E-state index contributed by atoms with van der Waals surface area (Å²) in [7, 11) is 0. The van der Waals surface area contributed by atoms with Crippen molar-refractivity contribution in [3.63, 3.8) is 0 Å². The molecule has 3 N–H and O–H groups in total. The number of amides is 1. The van der Waals surface area contributed by atoms with E-state index in [9.17, 15) is 4.79 Å². The van der Waals surface area contributed by atoms with E-state index in [1.165, 1.54) is 44.9 Å². The molecular weight excluding hydrogens is 376 g/mol. The van der Waals surface area contributed by atoms with Crippen LogP contribution in [0.1, 0.15) is 61.7 Å². The number of hydrogen-bond donors (Lipinski definition) is 3. The molecule has 3 rings (SSSR count). The summed E-state index contributed by atoms with van der Waals surface area (Å²) >= 11 is 6.28. The monoisotopic (exact) mass is 408 g/mol. The zero-order valence-corrected chi connectivity index (χ0v) is 17.4. The highest BCUT2D eigenvalue weighted by atomic mass is 35.5. The average molecular weight is 409 g/mol. The van der Waals surface area contributed by atoms with E-state index in [0.717, 1.165) is 25.4 Å². The molecule has 1 aromatic carbocycles. The van der Waals surface area contributed by atoms with E-state index in [-0.39, 0.29) is 17.9 Å². The number of carbonyl (C=O) groups is 1. The first-order valence-electron chi connectivity index (χ1n) is 10.6. The fraction of sp³-hybridized carbons (Fsp3) is 0.682. The Morgan fingerprint density at radius 2 is 2.04 bits per heavy atom. The molecule has 0 aromatic heterocycles. The molecule has 2 aliphatic carbocycles. The van der Waals surface area contributed by atoms with Crippen molar-refractivity contribution >= 4 is 17.5 Å². The summed E-state index contributed by atoms with van der Waals surface area (Å²) in [5.41, 5.74) is 0.768. The number of carbonyl (C=O) groups excluding carboxylic acids is 1. The number of aliphatic hydroxyl groups is 1. The van der Waals surface area contributed by atoms with Crippen molar-refractivity contribution in [2.45, 2.75) is 51.4 Å². The van der Waals surface area contributed by atoms with Gasteiger partial charge in [-0.25, -0.2) is 0 Å². The van der Waals surface area contributed by atoms with Gasteiger partial charge in [-0.05, 0) is 61.8 Å².